The van der Waals surface area contributed by atoms with Gasteiger partial charge < -0.3 is 5.43 Å². The summed E-state index contributed by atoms with van der Waals surface area (Å²) in [5.74, 6) is 5.75. The molecule has 17 heavy (non-hydrogen) atoms. The lowest BCUT2D eigenvalue weighted by molar-refractivity contribution is -0.384. The third kappa shape index (κ3) is 2.21. The second kappa shape index (κ2) is 4.18. The summed E-state index contributed by atoms with van der Waals surface area (Å²) in [6, 6.07) is 2.58. The summed E-state index contributed by atoms with van der Waals surface area (Å²) >= 11 is 0. The Kier molecular flexibility index (Phi) is 2.71. The fraction of sp³-hybridized carbons (Fsp3) is 0.111. The average molecular weight is 234 g/mol. The quantitative estimate of drug-likeness (QED) is 0.461. The second-order valence-corrected chi connectivity index (χ2v) is 3.43. The molecule has 88 valence electrons. The number of aromatic nitrogens is 3. The molecule has 0 aliphatic rings. The predicted molar refractivity (Wildman–Crippen MR) is 60.6 cm³/mol. The van der Waals surface area contributed by atoms with E-state index in [2.05, 4.69) is 15.5 Å². The molecule has 0 radical (unpaired) electrons. The van der Waals surface area contributed by atoms with Crippen molar-refractivity contribution in [1.82, 2.24) is 14.8 Å². The largest absolute Gasteiger partial charge is 0.308 e. The molecule has 0 aliphatic heterocycles. The SMILES string of the molecule is Cc1cnn(-c2cc([N+](=O)[O-])cc(NN)n2)c1. The van der Waals surface area contributed by atoms with Crippen molar-refractivity contribution in [3.8, 4) is 5.82 Å². The molecule has 2 aromatic rings. The van der Waals surface area contributed by atoms with Gasteiger partial charge in [0.05, 0.1) is 23.3 Å². The molecule has 0 aromatic carbocycles. The molecule has 0 saturated heterocycles. The van der Waals surface area contributed by atoms with Crippen molar-refractivity contribution in [1.29, 1.82) is 0 Å². The number of nitrogens with one attached hydrogen (secondary N) is 1. The van der Waals surface area contributed by atoms with E-state index in [0.29, 0.717) is 5.82 Å². The Balaban J connectivity index is 2.53. The number of nitrogen functional groups attached to an aromatic ring is 1. The number of nitro groups is 1. The molecular formula is C9H10N6O2. The maximum Gasteiger partial charge on any atom is 0.276 e. The summed E-state index contributed by atoms with van der Waals surface area (Å²) < 4.78 is 1.45. The van der Waals surface area contributed by atoms with Crippen molar-refractivity contribution in [2.24, 2.45) is 5.84 Å². The van der Waals surface area contributed by atoms with Gasteiger partial charge in [0, 0.05) is 6.20 Å². The van der Waals surface area contributed by atoms with Crippen LogP contribution in [0.5, 0.6) is 0 Å². The zero-order valence-corrected chi connectivity index (χ0v) is 8.99. The van der Waals surface area contributed by atoms with Gasteiger partial charge in [-0.1, -0.05) is 0 Å². The average Bonchev–Trinajstić information content (AvgIpc) is 2.75. The van der Waals surface area contributed by atoms with Gasteiger partial charge in [0.25, 0.3) is 5.69 Å². The first-order chi connectivity index (χ1) is 8.10. The summed E-state index contributed by atoms with van der Waals surface area (Å²) in [6.07, 6.45) is 3.35. The summed E-state index contributed by atoms with van der Waals surface area (Å²) in [4.78, 5) is 14.3. The van der Waals surface area contributed by atoms with Crippen molar-refractivity contribution in [2.45, 2.75) is 6.92 Å². The minimum absolute atomic E-state index is 0.101. The molecule has 0 spiro atoms. The lowest BCUT2D eigenvalue weighted by Crippen LogP contribution is -2.11. The number of aryl methyl sites for hydroxylation is 1. The fourth-order valence-corrected chi connectivity index (χ4v) is 1.34. The molecule has 0 fully saturated rings. The maximum atomic E-state index is 10.7. The highest BCUT2D eigenvalue weighted by atomic mass is 16.6. The van der Waals surface area contributed by atoms with Crippen LogP contribution in [0.4, 0.5) is 11.5 Å². The first-order valence-electron chi connectivity index (χ1n) is 4.75. The van der Waals surface area contributed by atoms with Crippen LogP contribution in [0.1, 0.15) is 5.56 Å². The molecule has 0 amide bonds. The van der Waals surface area contributed by atoms with Gasteiger partial charge in [0.15, 0.2) is 5.82 Å². The number of pyridine rings is 1. The third-order valence-electron chi connectivity index (χ3n) is 2.10. The van der Waals surface area contributed by atoms with E-state index in [4.69, 9.17) is 5.84 Å². The molecule has 0 saturated carbocycles. The summed E-state index contributed by atoms with van der Waals surface area (Å²) in [5.41, 5.74) is 3.11. The lowest BCUT2D eigenvalue weighted by Gasteiger charge is -2.04. The molecule has 0 bridgehead atoms. The normalized spacial score (nSPS) is 10.2. The highest BCUT2D eigenvalue weighted by Crippen LogP contribution is 2.19. The van der Waals surface area contributed by atoms with Crippen LogP contribution >= 0.6 is 0 Å². The van der Waals surface area contributed by atoms with Crippen LogP contribution in [-0.2, 0) is 0 Å². The van der Waals surface area contributed by atoms with Gasteiger partial charge in [-0.15, -0.1) is 0 Å². The van der Waals surface area contributed by atoms with Gasteiger partial charge in [0.1, 0.15) is 5.82 Å². The minimum Gasteiger partial charge on any atom is -0.308 e. The molecular weight excluding hydrogens is 224 g/mol. The summed E-state index contributed by atoms with van der Waals surface area (Å²) in [7, 11) is 0. The van der Waals surface area contributed by atoms with E-state index in [0.717, 1.165) is 5.56 Å². The minimum atomic E-state index is -0.512. The molecule has 2 rings (SSSR count). The van der Waals surface area contributed by atoms with Crippen LogP contribution in [0.2, 0.25) is 0 Å². The Bertz CT molecular complexity index is 564. The van der Waals surface area contributed by atoms with Crippen LogP contribution in [0, 0.1) is 17.0 Å². The molecule has 0 atom stereocenters. The smallest absolute Gasteiger partial charge is 0.276 e. The number of hydrogen-bond acceptors (Lipinski definition) is 6. The Morgan fingerprint density at radius 2 is 2.29 bits per heavy atom. The van der Waals surface area contributed by atoms with Gasteiger partial charge in [-0.05, 0) is 12.5 Å². The Morgan fingerprint density at radius 1 is 1.53 bits per heavy atom. The number of nitrogens with zero attached hydrogens (tertiary/aromatic N) is 4. The highest BCUT2D eigenvalue weighted by Gasteiger charge is 2.12. The van der Waals surface area contributed by atoms with E-state index in [1.54, 1.807) is 12.4 Å². The molecule has 0 unspecified atom stereocenters. The molecule has 0 aliphatic carbocycles. The van der Waals surface area contributed by atoms with Crippen LogP contribution in [0.3, 0.4) is 0 Å². The van der Waals surface area contributed by atoms with Crippen LogP contribution in [0.25, 0.3) is 5.82 Å². The van der Waals surface area contributed by atoms with Crippen molar-refractivity contribution >= 4 is 11.5 Å². The van der Waals surface area contributed by atoms with Gasteiger partial charge in [-0.3, -0.25) is 10.1 Å². The number of hydrogen-bond donors (Lipinski definition) is 2. The Morgan fingerprint density at radius 3 is 2.82 bits per heavy atom. The van der Waals surface area contributed by atoms with Gasteiger partial charge in [0.2, 0.25) is 0 Å². The summed E-state index contributed by atoms with van der Waals surface area (Å²) in [6.45, 7) is 1.86. The van der Waals surface area contributed by atoms with E-state index in [1.807, 2.05) is 6.92 Å². The van der Waals surface area contributed by atoms with Gasteiger partial charge >= 0.3 is 0 Å². The maximum absolute atomic E-state index is 10.7. The number of hydrazine groups is 1. The lowest BCUT2D eigenvalue weighted by atomic mass is 10.3. The van der Waals surface area contributed by atoms with E-state index in [1.165, 1.54) is 16.8 Å². The van der Waals surface area contributed by atoms with E-state index >= 15 is 0 Å². The molecule has 2 heterocycles. The molecule has 8 heteroatoms. The number of nitrogens with two attached hydrogens (primary N) is 1. The number of rotatable bonds is 3. The highest BCUT2D eigenvalue weighted by molar-refractivity contribution is 5.49. The monoisotopic (exact) mass is 234 g/mol. The van der Waals surface area contributed by atoms with Gasteiger partial charge in [-0.25, -0.2) is 15.5 Å². The topological polar surface area (TPSA) is 112 Å². The molecule has 3 N–H and O–H groups in total. The predicted octanol–water partition coefficient (Wildman–Crippen LogP) is 0.770. The van der Waals surface area contributed by atoms with E-state index < -0.39 is 4.92 Å². The number of anilines is 1. The van der Waals surface area contributed by atoms with Crippen LogP contribution in [0.15, 0.2) is 24.5 Å². The first-order valence-corrected chi connectivity index (χ1v) is 4.75. The Hall–Kier alpha value is -2.48. The van der Waals surface area contributed by atoms with Crippen molar-refractivity contribution in [3.63, 3.8) is 0 Å². The van der Waals surface area contributed by atoms with Crippen LogP contribution < -0.4 is 11.3 Å². The molecule has 8 nitrogen and oxygen atoms in total. The fourth-order valence-electron chi connectivity index (χ4n) is 1.34. The standard InChI is InChI=1S/C9H10N6O2/c1-6-4-11-14(5-6)9-3-7(15(16)17)2-8(12-9)13-10/h2-5H,10H2,1H3,(H,12,13). The van der Waals surface area contributed by atoms with Crippen molar-refractivity contribution in [2.75, 3.05) is 5.43 Å². The van der Waals surface area contributed by atoms with Crippen molar-refractivity contribution < 1.29 is 4.92 Å². The van der Waals surface area contributed by atoms with Gasteiger partial charge in [-0.2, -0.15) is 5.10 Å². The van der Waals surface area contributed by atoms with Crippen LogP contribution in [-0.4, -0.2) is 19.7 Å². The van der Waals surface area contributed by atoms with E-state index in [-0.39, 0.29) is 11.5 Å². The zero-order chi connectivity index (χ0) is 12.4. The summed E-state index contributed by atoms with van der Waals surface area (Å²) in [5, 5.41) is 14.8. The first kappa shape index (κ1) is 11.0. The molecule has 2 aromatic heterocycles. The zero-order valence-electron chi connectivity index (χ0n) is 8.99. The van der Waals surface area contributed by atoms with Crippen molar-refractivity contribution in [3.05, 3.63) is 40.2 Å². The third-order valence-corrected chi connectivity index (χ3v) is 2.10. The second-order valence-electron chi connectivity index (χ2n) is 3.43. The van der Waals surface area contributed by atoms with E-state index in [9.17, 15) is 10.1 Å². The Labute approximate surface area is 96.2 Å².